The first-order valence-corrected chi connectivity index (χ1v) is 6.37. The Bertz CT molecular complexity index is 277. The van der Waals surface area contributed by atoms with Crippen LogP contribution < -0.4 is 5.73 Å². The number of nitrogens with two attached hydrogens (primary N) is 1. The van der Waals surface area contributed by atoms with Crippen molar-refractivity contribution in [1.29, 1.82) is 0 Å². The van der Waals surface area contributed by atoms with E-state index in [1.807, 2.05) is 18.7 Å². The third-order valence-corrected chi connectivity index (χ3v) is 4.10. The zero-order chi connectivity index (χ0) is 11.8. The highest BCUT2D eigenvalue weighted by Crippen LogP contribution is 2.23. The summed E-state index contributed by atoms with van der Waals surface area (Å²) in [4.78, 5) is 16.7. The van der Waals surface area contributed by atoms with Gasteiger partial charge >= 0.3 is 0 Å². The van der Waals surface area contributed by atoms with Gasteiger partial charge in [-0.25, -0.2) is 0 Å². The minimum absolute atomic E-state index is 0.126. The summed E-state index contributed by atoms with van der Waals surface area (Å²) in [5, 5.41) is 0. The maximum atomic E-state index is 12.2. The van der Waals surface area contributed by atoms with Crippen LogP contribution in [0.2, 0.25) is 0 Å². The molecule has 92 valence electrons. The number of piperazine rings is 1. The third-order valence-electron chi connectivity index (χ3n) is 4.10. The Labute approximate surface area is 97.8 Å². The molecule has 0 aromatic rings. The molecular weight excluding hydrogens is 202 g/mol. The molecule has 2 N–H and O–H groups in total. The first kappa shape index (κ1) is 11.9. The highest BCUT2D eigenvalue weighted by Gasteiger charge is 2.37. The molecule has 2 aliphatic heterocycles. The van der Waals surface area contributed by atoms with Crippen LogP contribution in [-0.2, 0) is 4.79 Å². The van der Waals surface area contributed by atoms with Crippen LogP contribution in [0.5, 0.6) is 0 Å². The molecule has 4 heteroatoms. The van der Waals surface area contributed by atoms with Gasteiger partial charge in [0.15, 0.2) is 0 Å². The summed E-state index contributed by atoms with van der Waals surface area (Å²) < 4.78 is 0. The molecule has 0 radical (unpaired) electrons. The van der Waals surface area contributed by atoms with Crippen molar-refractivity contribution < 1.29 is 4.79 Å². The fourth-order valence-corrected chi connectivity index (χ4v) is 2.69. The normalized spacial score (nSPS) is 29.9. The van der Waals surface area contributed by atoms with Crippen molar-refractivity contribution in [3.63, 3.8) is 0 Å². The maximum Gasteiger partial charge on any atom is 0.242 e. The lowest BCUT2D eigenvalue weighted by Gasteiger charge is -2.40. The van der Waals surface area contributed by atoms with Gasteiger partial charge in [0.2, 0.25) is 5.91 Å². The minimum Gasteiger partial charge on any atom is -0.338 e. The Kier molecular flexibility index (Phi) is 3.22. The summed E-state index contributed by atoms with van der Waals surface area (Å²) in [5.74, 6) is 0.126. The molecule has 2 aliphatic rings. The fourth-order valence-electron chi connectivity index (χ4n) is 2.69. The van der Waals surface area contributed by atoms with Gasteiger partial charge in [0.25, 0.3) is 0 Å². The van der Waals surface area contributed by atoms with Crippen molar-refractivity contribution in [3.05, 3.63) is 0 Å². The van der Waals surface area contributed by atoms with Crippen LogP contribution in [0.15, 0.2) is 0 Å². The number of rotatable bonds is 2. The number of fused-ring (bicyclic) bond motifs is 1. The van der Waals surface area contributed by atoms with E-state index in [0.717, 1.165) is 19.6 Å². The van der Waals surface area contributed by atoms with Crippen LogP contribution in [0, 0.1) is 0 Å². The molecule has 16 heavy (non-hydrogen) atoms. The van der Waals surface area contributed by atoms with Gasteiger partial charge in [0, 0.05) is 25.7 Å². The van der Waals surface area contributed by atoms with E-state index in [9.17, 15) is 4.79 Å². The lowest BCUT2D eigenvalue weighted by molar-refractivity contribution is -0.139. The van der Waals surface area contributed by atoms with Crippen molar-refractivity contribution in [2.24, 2.45) is 5.73 Å². The summed E-state index contributed by atoms with van der Waals surface area (Å²) in [7, 11) is 0. The highest BCUT2D eigenvalue weighted by molar-refractivity contribution is 5.85. The second kappa shape index (κ2) is 4.34. The minimum atomic E-state index is -0.680. The number of hydrogen-bond acceptors (Lipinski definition) is 3. The Morgan fingerprint density at radius 1 is 1.44 bits per heavy atom. The molecule has 0 saturated carbocycles. The second-order valence-corrected chi connectivity index (χ2v) is 5.35. The van der Waals surface area contributed by atoms with Gasteiger partial charge in [-0.15, -0.1) is 0 Å². The van der Waals surface area contributed by atoms with Crippen LogP contribution in [0.25, 0.3) is 0 Å². The average Bonchev–Trinajstić information content (AvgIpc) is 2.74. The first-order chi connectivity index (χ1) is 7.54. The van der Waals surface area contributed by atoms with Crippen molar-refractivity contribution in [2.75, 3.05) is 26.2 Å². The molecule has 4 nitrogen and oxygen atoms in total. The molecular formula is C12H23N3O. The molecule has 2 saturated heterocycles. The molecule has 0 bridgehead atoms. The molecule has 2 heterocycles. The summed E-state index contributed by atoms with van der Waals surface area (Å²) in [6.07, 6.45) is 3.22. The van der Waals surface area contributed by atoms with E-state index in [1.54, 1.807) is 0 Å². The van der Waals surface area contributed by atoms with Gasteiger partial charge in [0.1, 0.15) is 0 Å². The van der Waals surface area contributed by atoms with Crippen LogP contribution in [0.3, 0.4) is 0 Å². The van der Waals surface area contributed by atoms with Crippen LogP contribution in [0.1, 0.15) is 33.1 Å². The number of amides is 1. The summed E-state index contributed by atoms with van der Waals surface area (Å²) in [6.45, 7) is 7.78. The van der Waals surface area contributed by atoms with Gasteiger partial charge in [0.05, 0.1) is 5.54 Å². The van der Waals surface area contributed by atoms with Crippen LogP contribution in [0.4, 0.5) is 0 Å². The molecule has 1 amide bonds. The monoisotopic (exact) mass is 225 g/mol. The summed E-state index contributed by atoms with van der Waals surface area (Å²) in [5.41, 5.74) is 5.34. The Morgan fingerprint density at radius 2 is 2.19 bits per heavy atom. The van der Waals surface area contributed by atoms with E-state index in [0.29, 0.717) is 12.5 Å². The Hall–Kier alpha value is -0.610. The second-order valence-electron chi connectivity index (χ2n) is 5.35. The number of carbonyl (C=O) groups excluding carboxylic acids is 1. The Morgan fingerprint density at radius 3 is 2.88 bits per heavy atom. The predicted octanol–water partition coefficient (Wildman–Crippen LogP) is 0.420. The number of hydrogen-bond donors (Lipinski definition) is 1. The van der Waals surface area contributed by atoms with Crippen molar-refractivity contribution >= 4 is 5.91 Å². The summed E-state index contributed by atoms with van der Waals surface area (Å²) in [6, 6.07) is 0.588. The quantitative estimate of drug-likeness (QED) is 0.741. The molecule has 0 spiro atoms. The lowest BCUT2D eigenvalue weighted by Crippen LogP contribution is -2.59. The topological polar surface area (TPSA) is 49.6 Å². The third kappa shape index (κ3) is 2.09. The van der Waals surface area contributed by atoms with Crippen molar-refractivity contribution in [3.8, 4) is 0 Å². The maximum absolute atomic E-state index is 12.2. The van der Waals surface area contributed by atoms with Gasteiger partial charge in [-0.05, 0) is 32.7 Å². The zero-order valence-corrected chi connectivity index (χ0v) is 10.4. The first-order valence-electron chi connectivity index (χ1n) is 6.37. The van der Waals surface area contributed by atoms with E-state index in [4.69, 9.17) is 5.73 Å². The van der Waals surface area contributed by atoms with Gasteiger partial charge < -0.3 is 10.6 Å². The molecule has 2 fully saturated rings. The summed E-state index contributed by atoms with van der Waals surface area (Å²) >= 11 is 0. The van der Waals surface area contributed by atoms with E-state index < -0.39 is 5.54 Å². The molecule has 0 aliphatic carbocycles. The standard InChI is InChI=1S/C12H23N3O/c1-3-12(2,13)11(16)15-8-7-14-6-4-5-10(14)9-15/h10H,3-9,13H2,1-2H3. The van der Waals surface area contributed by atoms with Crippen molar-refractivity contribution in [2.45, 2.75) is 44.7 Å². The van der Waals surface area contributed by atoms with E-state index in [-0.39, 0.29) is 5.91 Å². The van der Waals surface area contributed by atoms with E-state index in [1.165, 1.54) is 19.4 Å². The molecule has 2 unspecified atom stereocenters. The SMILES string of the molecule is CCC(C)(N)C(=O)N1CCN2CCCC2C1. The zero-order valence-electron chi connectivity index (χ0n) is 10.4. The highest BCUT2D eigenvalue weighted by atomic mass is 16.2. The number of nitrogens with zero attached hydrogens (tertiary/aromatic N) is 2. The number of carbonyl (C=O) groups is 1. The molecule has 2 atom stereocenters. The smallest absolute Gasteiger partial charge is 0.242 e. The van der Waals surface area contributed by atoms with Crippen LogP contribution in [-0.4, -0.2) is 53.5 Å². The Balaban J connectivity index is 1.98. The predicted molar refractivity (Wildman–Crippen MR) is 64.1 cm³/mol. The average molecular weight is 225 g/mol. The van der Waals surface area contributed by atoms with E-state index in [2.05, 4.69) is 4.90 Å². The van der Waals surface area contributed by atoms with Crippen molar-refractivity contribution in [1.82, 2.24) is 9.80 Å². The van der Waals surface area contributed by atoms with Gasteiger partial charge in [-0.1, -0.05) is 6.92 Å². The fraction of sp³-hybridized carbons (Fsp3) is 0.917. The largest absolute Gasteiger partial charge is 0.338 e. The van der Waals surface area contributed by atoms with Crippen LogP contribution >= 0.6 is 0 Å². The van der Waals surface area contributed by atoms with Gasteiger partial charge in [-0.3, -0.25) is 9.69 Å². The molecule has 0 aromatic carbocycles. The lowest BCUT2D eigenvalue weighted by atomic mass is 9.97. The molecule has 2 rings (SSSR count). The molecule has 0 aromatic heterocycles. The van der Waals surface area contributed by atoms with E-state index >= 15 is 0 Å². The van der Waals surface area contributed by atoms with Gasteiger partial charge in [-0.2, -0.15) is 0 Å².